The molecule has 5 nitrogen and oxygen atoms in total. The number of rotatable bonds is 7. The summed E-state index contributed by atoms with van der Waals surface area (Å²) in [5.74, 6) is 0.375. The molecule has 7 heteroatoms. The van der Waals surface area contributed by atoms with Gasteiger partial charge in [-0.3, -0.25) is 0 Å². The second-order valence-electron chi connectivity index (χ2n) is 5.93. The highest BCUT2D eigenvalue weighted by atomic mass is 32.2. The summed E-state index contributed by atoms with van der Waals surface area (Å²) in [5, 5.41) is 0. The molecule has 0 spiro atoms. The van der Waals surface area contributed by atoms with Gasteiger partial charge in [-0.05, 0) is 45.2 Å². The third-order valence-corrected chi connectivity index (χ3v) is 6.71. The van der Waals surface area contributed by atoms with E-state index in [-0.39, 0.29) is 0 Å². The molecule has 0 aliphatic carbocycles. The van der Waals surface area contributed by atoms with Crippen LogP contribution in [0, 0.1) is 19.8 Å². The largest absolute Gasteiger partial charge is 0.383 e. The van der Waals surface area contributed by atoms with Gasteiger partial charge in [-0.15, -0.1) is 11.3 Å². The van der Waals surface area contributed by atoms with Crippen LogP contribution in [0.3, 0.4) is 0 Å². The van der Waals surface area contributed by atoms with Crippen molar-refractivity contribution >= 4 is 21.4 Å². The zero-order valence-corrected chi connectivity index (χ0v) is 15.2. The molecule has 0 radical (unpaired) electrons. The van der Waals surface area contributed by atoms with Crippen LogP contribution in [-0.2, 0) is 14.8 Å². The summed E-state index contributed by atoms with van der Waals surface area (Å²) in [4.78, 5) is 4.67. The number of ether oxygens (including phenoxy) is 1. The molecular weight excluding hydrogens is 320 g/mol. The second-order valence-corrected chi connectivity index (χ2v) is 9.13. The molecule has 1 saturated heterocycles. The minimum Gasteiger partial charge on any atom is -0.383 e. The van der Waals surface area contributed by atoms with E-state index >= 15 is 0 Å². The molecule has 0 saturated carbocycles. The topological polar surface area (TPSA) is 58.6 Å². The van der Waals surface area contributed by atoms with Crippen molar-refractivity contribution in [1.29, 1.82) is 0 Å². The molecule has 1 aliphatic rings. The van der Waals surface area contributed by atoms with Crippen LogP contribution in [-0.4, -0.2) is 53.2 Å². The lowest BCUT2D eigenvalue weighted by Crippen LogP contribution is -2.42. The highest BCUT2D eigenvalue weighted by Gasteiger charge is 2.23. The molecule has 1 aliphatic heterocycles. The summed E-state index contributed by atoms with van der Waals surface area (Å²) in [6.45, 7) is 7.97. The highest BCUT2D eigenvalue weighted by molar-refractivity contribution is 7.89. The zero-order valence-electron chi connectivity index (χ0n) is 13.6. The second kappa shape index (κ2) is 7.88. The van der Waals surface area contributed by atoms with Gasteiger partial charge in [0.2, 0.25) is 10.0 Å². The van der Waals surface area contributed by atoms with E-state index in [1.165, 1.54) is 11.3 Å². The van der Waals surface area contributed by atoms with Gasteiger partial charge in [-0.1, -0.05) is 0 Å². The number of likely N-dealkylation sites (tertiary alicyclic amines) is 1. The van der Waals surface area contributed by atoms with Crippen LogP contribution in [0.1, 0.15) is 22.6 Å². The van der Waals surface area contributed by atoms with Crippen molar-refractivity contribution in [2.45, 2.75) is 31.6 Å². The van der Waals surface area contributed by atoms with Crippen LogP contribution < -0.4 is 4.72 Å². The van der Waals surface area contributed by atoms with Crippen LogP contribution >= 0.6 is 11.3 Å². The molecule has 1 fully saturated rings. The van der Waals surface area contributed by atoms with E-state index in [0.29, 0.717) is 17.4 Å². The summed E-state index contributed by atoms with van der Waals surface area (Å²) >= 11 is 1.53. The Morgan fingerprint density at radius 3 is 2.86 bits per heavy atom. The number of aryl methyl sites for hydroxylation is 2. The highest BCUT2D eigenvalue weighted by Crippen LogP contribution is 2.25. The average molecular weight is 347 g/mol. The predicted octanol–water partition coefficient (Wildman–Crippen LogP) is 2.00. The summed E-state index contributed by atoms with van der Waals surface area (Å²) in [6, 6.07) is 1.76. The average Bonchev–Trinajstić information content (AvgIpc) is 2.83. The van der Waals surface area contributed by atoms with Gasteiger partial charge in [0.05, 0.1) is 11.5 Å². The van der Waals surface area contributed by atoms with Gasteiger partial charge < -0.3 is 9.64 Å². The lowest BCUT2D eigenvalue weighted by molar-refractivity contribution is 0.115. The maximum absolute atomic E-state index is 12.4. The van der Waals surface area contributed by atoms with Gasteiger partial charge in [-0.2, -0.15) is 0 Å². The Bertz CT molecular complexity index is 584. The van der Waals surface area contributed by atoms with Crippen molar-refractivity contribution < 1.29 is 13.2 Å². The van der Waals surface area contributed by atoms with Gasteiger partial charge in [-0.25, -0.2) is 13.1 Å². The third kappa shape index (κ3) is 4.76. The number of nitrogens with one attached hydrogen (secondary N) is 1. The van der Waals surface area contributed by atoms with Gasteiger partial charge in [0.1, 0.15) is 0 Å². The Morgan fingerprint density at radius 2 is 2.23 bits per heavy atom. The van der Waals surface area contributed by atoms with Gasteiger partial charge in [0.25, 0.3) is 0 Å². The SMILES string of the molecule is COCCN1CCC[C@H](CNS(=O)(=O)c2cc(C)sc2C)C1. The van der Waals surface area contributed by atoms with E-state index in [2.05, 4.69) is 9.62 Å². The van der Waals surface area contributed by atoms with Crippen LogP contribution in [0.15, 0.2) is 11.0 Å². The quantitative estimate of drug-likeness (QED) is 0.820. The van der Waals surface area contributed by atoms with Crippen molar-refractivity contribution in [3.8, 4) is 0 Å². The molecule has 0 bridgehead atoms. The normalized spacial score (nSPS) is 20.4. The fourth-order valence-corrected chi connectivity index (χ4v) is 5.59. The summed E-state index contributed by atoms with van der Waals surface area (Å²) in [5.41, 5.74) is 0. The summed E-state index contributed by atoms with van der Waals surface area (Å²) < 4.78 is 32.8. The smallest absolute Gasteiger partial charge is 0.241 e. The minimum absolute atomic E-state index is 0.375. The van der Waals surface area contributed by atoms with Crippen LogP contribution in [0.5, 0.6) is 0 Å². The van der Waals surface area contributed by atoms with Crippen molar-refractivity contribution in [3.05, 3.63) is 15.8 Å². The van der Waals surface area contributed by atoms with Crippen molar-refractivity contribution in [2.24, 2.45) is 5.92 Å². The molecular formula is C15H26N2O3S2. The number of sulfonamides is 1. The van der Waals surface area contributed by atoms with Crippen molar-refractivity contribution in [2.75, 3.05) is 39.9 Å². The van der Waals surface area contributed by atoms with Crippen LogP contribution in [0.2, 0.25) is 0 Å². The fraction of sp³-hybridized carbons (Fsp3) is 0.733. The van der Waals surface area contributed by atoms with E-state index in [1.807, 2.05) is 13.8 Å². The Morgan fingerprint density at radius 1 is 1.45 bits per heavy atom. The monoisotopic (exact) mass is 346 g/mol. The Balaban J connectivity index is 1.90. The molecule has 1 N–H and O–H groups in total. The maximum atomic E-state index is 12.4. The van der Waals surface area contributed by atoms with E-state index in [0.717, 1.165) is 48.8 Å². The number of hydrogen-bond donors (Lipinski definition) is 1. The number of methoxy groups -OCH3 is 1. The van der Waals surface area contributed by atoms with E-state index < -0.39 is 10.0 Å². The molecule has 0 aromatic carbocycles. The Labute approximate surface area is 137 Å². The Kier molecular flexibility index (Phi) is 6.40. The molecule has 1 aromatic rings. The number of piperidine rings is 1. The molecule has 0 unspecified atom stereocenters. The zero-order chi connectivity index (χ0) is 16.2. The lowest BCUT2D eigenvalue weighted by Gasteiger charge is -2.32. The summed E-state index contributed by atoms with van der Waals surface area (Å²) in [7, 11) is -1.68. The van der Waals surface area contributed by atoms with E-state index in [4.69, 9.17) is 4.74 Å². The maximum Gasteiger partial charge on any atom is 0.241 e. The molecule has 126 valence electrons. The molecule has 22 heavy (non-hydrogen) atoms. The minimum atomic E-state index is -3.39. The van der Waals surface area contributed by atoms with E-state index in [1.54, 1.807) is 13.2 Å². The lowest BCUT2D eigenvalue weighted by atomic mass is 9.98. The van der Waals surface area contributed by atoms with Crippen molar-refractivity contribution in [3.63, 3.8) is 0 Å². The van der Waals surface area contributed by atoms with E-state index in [9.17, 15) is 8.42 Å². The third-order valence-electron chi connectivity index (χ3n) is 4.06. The molecule has 1 atom stereocenters. The molecule has 2 rings (SSSR count). The molecule has 1 aromatic heterocycles. The number of thiophene rings is 1. The molecule has 0 amide bonds. The first-order chi connectivity index (χ1) is 10.4. The predicted molar refractivity (Wildman–Crippen MR) is 90.0 cm³/mol. The first-order valence-electron chi connectivity index (χ1n) is 7.70. The van der Waals surface area contributed by atoms with Crippen LogP contribution in [0.4, 0.5) is 0 Å². The van der Waals surface area contributed by atoms with Crippen LogP contribution in [0.25, 0.3) is 0 Å². The fourth-order valence-electron chi connectivity index (χ4n) is 2.92. The standard InChI is InChI=1S/C15H26N2O3S2/c1-12-9-15(13(2)21-12)22(18,19)16-10-14-5-4-6-17(11-14)7-8-20-3/h9,14,16H,4-8,10-11H2,1-3H3/t14-/m1/s1. The van der Waals surface area contributed by atoms with Gasteiger partial charge in [0.15, 0.2) is 0 Å². The van der Waals surface area contributed by atoms with Gasteiger partial charge in [0, 0.05) is 36.5 Å². The summed E-state index contributed by atoms with van der Waals surface area (Å²) in [6.07, 6.45) is 2.19. The molecule has 2 heterocycles. The number of nitrogens with zero attached hydrogens (tertiary/aromatic N) is 1. The Hall–Kier alpha value is -0.470. The van der Waals surface area contributed by atoms with Crippen molar-refractivity contribution in [1.82, 2.24) is 9.62 Å². The van der Waals surface area contributed by atoms with Gasteiger partial charge >= 0.3 is 0 Å². The first-order valence-corrected chi connectivity index (χ1v) is 10.0. The first kappa shape index (κ1) is 17.9. The number of hydrogen-bond acceptors (Lipinski definition) is 5.